The number of nitrogens with two attached hydrogens (primary N) is 1. The first kappa shape index (κ1) is 14.4. The van der Waals surface area contributed by atoms with Crippen LogP contribution < -0.4 is 16.0 Å². The fourth-order valence-electron chi connectivity index (χ4n) is 2.09. The van der Waals surface area contributed by atoms with Crippen molar-refractivity contribution in [1.29, 1.82) is 0 Å². The van der Waals surface area contributed by atoms with Crippen molar-refractivity contribution in [1.82, 2.24) is 4.98 Å². The average Bonchev–Trinajstić information content (AvgIpc) is 2.37. The number of benzene rings is 1. The predicted molar refractivity (Wildman–Crippen MR) is 70.5 cm³/mol. The Morgan fingerprint density at radius 3 is 2.60 bits per heavy atom. The number of hydrazine groups is 1. The van der Waals surface area contributed by atoms with Gasteiger partial charge < -0.3 is 10.2 Å². The van der Waals surface area contributed by atoms with Crippen LogP contribution in [-0.4, -0.2) is 11.6 Å². The van der Waals surface area contributed by atoms with Gasteiger partial charge in [0.15, 0.2) is 0 Å². The first-order chi connectivity index (χ1) is 9.40. The Bertz CT molecular complexity index is 641. The highest BCUT2D eigenvalue weighted by Crippen LogP contribution is 2.38. The third kappa shape index (κ3) is 2.36. The van der Waals surface area contributed by atoms with Crippen molar-refractivity contribution < 1.29 is 17.9 Å². The Hall–Kier alpha value is -2.02. The lowest BCUT2D eigenvalue weighted by atomic mass is 10.1. The number of alkyl halides is 3. The molecule has 0 bridgehead atoms. The van der Waals surface area contributed by atoms with E-state index in [2.05, 4.69) is 10.4 Å². The van der Waals surface area contributed by atoms with Gasteiger partial charge in [0.2, 0.25) is 0 Å². The number of nitrogens with zero attached hydrogens (tertiary/aromatic N) is 1. The van der Waals surface area contributed by atoms with Crippen LogP contribution in [0, 0.1) is 6.92 Å². The molecule has 0 aliphatic rings. The minimum Gasteiger partial charge on any atom is -0.492 e. The first-order valence-electron chi connectivity index (χ1n) is 6.00. The van der Waals surface area contributed by atoms with Gasteiger partial charge in [-0.1, -0.05) is 12.1 Å². The van der Waals surface area contributed by atoms with E-state index in [0.717, 1.165) is 0 Å². The van der Waals surface area contributed by atoms with Crippen molar-refractivity contribution in [3.05, 3.63) is 29.5 Å². The van der Waals surface area contributed by atoms with Crippen LogP contribution in [0.4, 0.5) is 18.9 Å². The summed E-state index contributed by atoms with van der Waals surface area (Å²) in [5, 5.41) is 0.490. The molecule has 108 valence electrons. The molecule has 2 aromatic rings. The number of ether oxygens (including phenoxy) is 1. The van der Waals surface area contributed by atoms with Gasteiger partial charge in [-0.05, 0) is 19.9 Å². The van der Waals surface area contributed by atoms with Gasteiger partial charge in [0, 0.05) is 10.9 Å². The number of para-hydroxylation sites is 1. The molecule has 0 amide bonds. The lowest BCUT2D eigenvalue weighted by Gasteiger charge is -2.17. The zero-order valence-corrected chi connectivity index (χ0v) is 11.0. The third-order valence-corrected chi connectivity index (χ3v) is 2.93. The topological polar surface area (TPSA) is 60.2 Å². The number of fused-ring (bicyclic) bond motifs is 1. The number of aromatic nitrogens is 1. The maximum absolute atomic E-state index is 13.0. The number of nitrogen functional groups attached to an aromatic ring is 1. The molecule has 0 aliphatic heterocycles. The maximum Gasteiger partial charge on any atom is 0.433 e. The molecule has 0 radical (unpaired) electrons. The molecule has 0 saturated heterocycles. The quantitative estimate of drug-likeness (QED) is 0.671. The monoisotopic (exact) mass is 285 g/mol. The predicted octanol–water partition coefficient (Wildman–Crippen LogP) is 3.25. The lowest BCUT2D eigenvalue weighted by molar-refractivity contribution is -0.141. The molecule has 0 atom stereocenters. The number of nitrogens with one attached hydrogen (secondary N) is 1. The minimum atomic E-state index is -4.55. The number of hydrogen-bond donors (Lipinski definition) is 2. The fourth-order valence-corrected chi connectivity index (χ4v) is 2.09. The highest BCUT2D eigenvalue weighted by molar-refractivity contribution is 5.96. The molecule has 7 heteroatoms. The average molecular weight is 285 g/mol. The molecule has 0 fully saturated rings. The van der Waals surface area contributed by atoms with E-state index in [9.17, 15) is 13.2 Å². The van der Waals surface area contributed by atoms with Crippen LogP contribution in [-0.2, 0) is 6.18 Å². The number of pyridine rings is 1. The summed E-state index contributed by atoms with van der Waals surface area (Å²) in [5.41, 5.74) is 1.65. The Morgan fingerprint density at radius 1 is 1.35 bits per heavy atom. The highest BCUT2D eigenvalue weighted by Gasteiger charge is 2.36. The summed E-state index contributed by atoms with van der Waals surface area (Å²) >= 11 is 0. The first-order valence-corrected chi connectivity index (χ1v) is 6.00. The van der Waals surface area contributed by atoms with Crippen LogP contribution in [0.2, 0.25) is 0 Å². The minimum absolute atomic E-state index is 0.0406. The molecule has 20 heavy (non-hydrogen) atoms. The van der Waals surface area contributed by atoms with Crippen molar-refractivity contribution in [3.8, 4) is 5.75 Å². The normalized spacial score (nSPS) is 11.7. The van der Waals surface area contributed by atoms with Crippen molar-refractivity contribution in [2.75, 3.05) is 12.0 Å². The van der Waals surface area contributed by atoms with Crippen LogP contribution in [0.1, 0.15) is 18.2 Å². The molecular formula is C13H14F3N3O. The Morgan fingerprint density at radius 2 is 2.05 bits per heavy atom. The van der Waals surface area contributed by atoms with Crippen molar-refractivity contribution in [2.45, 2.75) is 20.0 Å². The molecule has 3 N–H and O–H groups in total. The molecular weight excluding hydrogens is 271 g/mol. The molecule has 0 saturated carbocycles. The van der Waals surface area contributed by atoms with Crippen LogP contribution in [0.3, 0.4) is 0 Å². The van der Waals surface area contributed by atoms with Gasteiger partial charge in [0.05, 0.1) is 12.3 Å². The zero-order valence-electron chi connectivity index (χ0n) is 11.0. The molecule has 0 aliphatic carbocycles. The number of rotatable bonds is 3. The van der Waals surface area contributed by atoms with E-state index in [-0.39, 0.29) is 16.8 Å². The standard InChI is InChI=1S/C13H14F3N3O/c1-3-20-9-6-4-5-8-10(19-17)7(2)12(13(14,15)16)18-11(8)9/h4-6H,3,17H2,1-2H3,(H,18,19). The summed E-state index contributed by atoms with van der Waals surface area (Å²) < 4.78 is 44.4. The summed E-state index contributed by atoms with van der Waals surface area (Å²) in [7, 11) is 0. The molecule has 1 aromatic carbocycles. The second-order valence-electron chi connectivity index (χ2n) is 4.19. The smallest absolute Gasteiger partial charge is 0.433 e. The molecule has 1 aromatic heterocycles. The van der Waals surface area contributed by atoms with E-state index >= 15 is 0 Å². The molecule has 2 rings (SSSR count). The summed E-state index contributed by atoms with van der Waals surface area (Å²) in [5.74, 6) is 5.67. The number of halogens is 3. The number of hydrogen-bond acceptors (Lipinski definition) is 4. The van der Waals surface area contributed by atoms with Crippen molar-refractivity contribution in [2.24, 2.45) is 5.84 Å². The Kier molecular flexibility index (Phi) is 3.71. The lowest BCUT2D eigenvalue weighted by Crippen LogP contribution is -2.16. The van der Waals surface area contributed by atoms with E-state index in [1.807, 2.05) is 0 Å². The summed E-state index contributed by atoms with van der Waals surface area (Å²) in [6, 6.07) is 4.91. The Balaban J connectivity index is 2.85. The van der Waals surface area contributed by atoms with Crippen molar-refractivity contribution in [3.63, 3.8) is 0 Å². The van der Waals surface area contributed by atoms with Gasteiger partial charge in [-0.2, -0.15) is 13.2 Å². The second kappa shape index (κ2) is 5.16. The Labute approximate surface area is 113 Å². The molecule has 0 spiro atoms. The van der Waals surface area contributed by atoms with E-state index in [1.54, 1.807) is 25.1 Å². The molecule has 4 nitrogen and oxygen atoms in total. The SMILES string of the molecule is CCOc1cccc2c(NN)c(C)c(C(F)(F)F)nc12. The second-order valence-corrected chi connectivity index (χ2v) is 4.19. The van der Waals surface area contributed by atoms with Crippen LogP contribution in [0.25, 0.3) is 10.9 Å². The van der Waals surface area contributed by atoms with E-state index < -0.39 is 11.9 Å². The van der Waals surface area contributed by atoms with Gasteiger partial charge in [0.25, 0.3) is 0 Å². The number of anilines is 1. The van der Waals surface area contributed by atoms with Gasteiger partial charge in [-0.15, -0.1) is 0 Å². The summed E-state index contributed by atoms with van der Waals surface area (Å²) in [6.45, 7) is 3.42. The van der Waals surface area contributed by atoms with Crippen LogP contribution in [0.5, 0.6) is 5.75 Å². The van der Waals surface area contributed by atoms with E-state index in [0.29, 0.717) is 17.7 Å². The third-order valence-electron chi connectivity index (χ3n) is 2.93. The maximum atomic E-state index is 13.0. The van der Waals surface area contributed by atoms with Crippen LogP contribution in [0.15, 0.2) is 18.2 Å². The van der Waals surface area contributed by atoms with Crippen molar-refractivity contribution >= 4 is 16.6 Å². The van der Waals surface area contributed by atoms with E-state index in [1.165, 1.54) is 6.92 Å². The van der Waals surface area contributed by atoms with Gasteiger partial charge >= 0.3 is 6.18 Å². The van der Waals surface area contributed by atoms with Gasteiger partial charge in [-0.25, -0.2) is 4.98 Å². The van der Waals surface area contributed by atoms with Gasteiger partial charge in [0.1, 0.15) is 17.0 Å². The zero-order chi connectivity index (χ0) is 14.9. The molecule has 0 unspecified atom stereocenters. The summed E-state index contributed by atoms with van der Waals surface area (Å²) in [6.07, 6.45) is -4.55. The van der Waals surface area contributed by atoms with E-state index in [4.69, 9.17) is 10.6 Å². The summed E-state index contributed by atoms with van der Waals surface area (Å²) in [4.78, 5) is 3.73. The largest absolute Gasteiger partial charge is 0.492 e. The molecule has 1 heterocycles. The van der Waals surface area contributed by atoms with Gasteiger partial charge in [-0.3, -0.25) is 5.84 Å². The highest BCUT2D eigenvalue weighted by atomic mass is 19.4. The fraction of sp³-hybridized carbons (Fsp3) is 0.308. The van der Waals surface area contributed by atoms with Crippen LogP contribution >= 0.6 is 0 Å².